The van der Waals surface area contributed by atoms with E-state index in [1.54, 1.807) is 6.92 Å². The van der Waals surface area contributed by atoms with Crippen LogP contribution in [0.15, 0.2) is 36.4 Å². The van der Waals surface area contributed by atoms with Gasteiger partial charge in [0.05, 0.1) is 11.7 Å². The third kappa shape index (κ3) is 5.26. The van der Waals surface area contributed by atoms with Crippen molar-refractivity contribution < 1.29 is 9.90 Å². The number of carbonyl (C=O) groups is 1. The van der Waals surface area contributed by atoms with Gasteiger partial charge in [0.2, 0.25) is 0 Å². The summed E-state index contributed by atoms with van der Waals surface area (Å²) in [5, 5.41) is 12.9. The lowest BCUT2D eigenvalue weighted by molar-refractivity contribution is 0.0727. The first-order chi connectivity index (χ1) is 14.0. The number of carbonyl (C=O) groups excluding carboxylic acids is 1. The van der Waals surface area contributed by atoms with Crippen molar-refractivity contribution in [1.29, 1.82) is 0 Å². The highest BCUT2D eigenvalue weighted by Crippen LogP contribution is 2.29. The molecule has 1 aliphatic rings. The number of hydrogen-bond acceptors (Lipinski definition) is 5. The fourth-order valence-electron chi connectivity index (χ4n) is 3.57. The Morgan fingerprint density at radius 2 is 2.07 bits per heavy atom. The number of benzene rings is 1. The minimum atomic E-state index is -0.520. The molecule has 6 heteroatoms. The summed E-state index contributed by atoms with van der Waals surface area (Å²) in [6.45, 7) is 6.45. The second kappa shape index (κ2) is 9.74. The summed E-state index contributed by atoms with van der Waals surface area (Å²) in [6.07, 6.45) is 2.49. The lowest BCUT2D eigenvalue weighted by Crippen LogP contribution is -2.38. The molecule has 1 atom stereocenters. The number of amides is 1. The number of rotatable bonds is 9. The number of aliphatic hydroxyl groups excluding tert-OH is 1. The van der Waals surface area contributed by atoms with Gasteiger partial charge < -0.3 is 20.2 Å². The molecule has 0 radical (unpaired) electrons. The second-order valence-electron chi connectivity index (χ2n) is 7.83. The number of fused-ring (bicyclic) bond motifs is 1. The van der Waals surface area contributed by atoms with E-state index in [9.17, 15) is 9.90 Å². The van der Waals surface area contributed by atoms with Crippen molar-refractivity contribution in [3.63, 3.8) is 0 Å². The van der Waals surface area contributed by atoms with Crippen molar-refractivity contribution in [2.24, 2.45) is 0 Å². The van der Waals surface area contributed by atoms with Crippen LogP contribution in [0.2, 0.25) is 0 Å². The lowest BCUT2D eigenvalue weighted by atomic mass is 9.98. The number of unbranched alkanes of at least 4 members (excludes halogenated alkanes) is 1. The molecule has 2 N–H and O–H groups in total. The SMILES string of the molecule is CCCCN(C)c1cc2c(c(NCC(C)O)n1)C(=O)N(Cc1ccccc1)CC2. The summed E-state index contributed by atoms with van der Waals surface area (Å²) in [5.41, 5.74) is 2.79. The quantitative estimate of drug-likeness (QED) is 0.681. The van der Waals surface area contributed by atoms with Gasteiger partial charge in [0.15, 0.2) is 0 Å². The fraction of sp³-hybridized carbons (Fsp3) is 0.478. The van der Waals surface area contributed by atoms with E-state index in [0.717, 1.165) is 42.8 Å². The smallest absolute Gasteiger partial charge is 0.258 e. The maximum Gasteiger partial charge on any atom is 0.258 e. The van der Waals surface area contributed by atoms with E-state index in [1.807, 2.05) is 42.3 Å². The molecule has 0 saturated carbocycles. The molecule has 156 valence electrons. The number of pyridine rings is 1. The maximum absolute atomic E-state index is 13.3. The first-order valence-electron chi connectivity index (χ1n) is 10.5. The Hall–Kier alpha value is -2.60. The molecular weight excluding hydrogens is 364 g/mol. The zero-order chi connectivity index (χ0) is 20.8. The summed E-state index contributed by atoms with van der Waals surface area (Å²) in [6, 6.07) is 12.1. The van der Waals surface area contributed by atoms with Crippen LogP contribution in [0.5, 0.6) is 0 Å². The summed E-state index contributed by atoms with van der Waals surface area (Å²) in [4.78, 5) is 22.1. The van der Waals surface area contributed by atoms with E-state index in [4.69, 9.17) is 4.98 Å². The first kappa shape index (κ1) is 21.1. The molecule has 1 aromatic carbocycles. The van der Waals surface area contributed by atoms with E-state index < -0.39 is 6.10 Å². The largest absolute Gasteiger partial charge is 0.392 e. The molecule has 29 heavy (non-hydrogen) atoms. The summed E-state index contributed by atoms with van der Waals surface area (Å²) in [7, 11) is 2.04. The van der Waals surface area contributed by atoms with E-state index >= 15 is 0 Å². The molecule has 2 aromatic rings. The Balaban J connectivity index is 1.90. The normalized spacial score (nSPS) is 14.5. The Bertz CT molecular complexity index is 823. The van der Waals surface area contributed by atoms with E-state index in [1.165, 1.54) is 0 Å². The summed E-state index contributed by atoms with van der Waals surface area (Å²) in [5.74, 6) is 1.44. The standard InChI is InChI=1S/C23H32N4O2/c1-4-5-12-26(3)20-14-19-11-13-27(16-18-9-7-6-8-10-18)23(29)21(19)22(25-20)24-15-17(2)28/h6-10,14,17,28H,4-5,11-13,15-16H2,1-3H3,(H,24,25). The average Bonchev–Trinajstić information content (AvgIpc) is 2.72. The van der Waals surface area contributed by atoms with Crippen LogP contribution in [0.3, 0.4) is 0 Å². The van der Waals surface area contributed by atoms with Crippen LogP contribution in [0.25, 0.3) is 0 Å². The van der Waals surface area contributed by atoms with Gasteiger partial charge in [-0.25, -0.2) is 4.98 Å². The third-order valence-electron chi connectivity index (χ3n) is 5.26. The van der Waals surface area contributed by atoms with Gasteiger partial charge in [0, 0.05) is 33.2 Å². The van der Waals surface area contributed by atoms with Gasteiger partial charge in [-0.05, 0) is 37.0 Å². The molecule has 1 aromatic heterocycles. The van der Waals surface area contributed by atoms with Gasteiger partial charge >= 0.3 is 0 Å². The molecule has 0 bridgehead atoms. The van der Waals surface area contributed by atoms with Crippen LogP contribution in [0, 0.1) is 0 Å². The van der Waals surface area contributed by atoms with Crippen molar-refractivity contribution in [3.05, 3.63) is 53.1 Å². The maximum atomic E-state index is 13.3. The molecule has 1 aliphatic heterocycles. The Morgan fingerprint density at radius 3 is 2.76 bits per heavy atom. The topological polar surface area (TPSA) is 68.7 Å². The number of nitrogens with zero attached hydrogens (tertiary/aromatic N) is 3. The van der Waals surface area contributed by atoms with E-state index in [-0.39, 0.29) is 5.91 Å². The molecule has 3 rings (SSSR count). The highest BCUT2D eigenvalue weighted by molar-refractivity contribution is 6.01. The van der Waals surface area contributed by atoms with Crippen LogP contribution in [0.4, 0.5) is 11.6 Å². The predicted molar refractivity (Wildman–Crippen MR) is 117 cm³/mol. The molecule has 0 spiro atoms. The van der Waals surface area contributed by atoms with Gasteiger partial charge in [-0.15, -0.1) is 0 Å². The third-order valence-corrected chi connectivity index (χ3v) is 5.26. The Labute approximate surface area is 173 Å². The molecule has 0 saturated heterocycles. The minimum Gasteiger partial charge on any atom is -0.392 e. The van der Waals surface area contributed by atoms with Gasteiger partial charge in [0.1, 0.15) is 11.6 Å². The first-order valence-corrected chi connectivity index (χ1v) is 10.5. The van der Waals surface area contributed by atoms with Crippen LogP contribution in [0.1, 0.15) is 48.2 Å². The summed E-state index contributed by atoms with van der Waals surface area (Å²) < 4.78 is 0. The van der Waals surface area contributed by atoms with Crippen LogP contribution >= 0.6 is 0 Å². The number of nitrogens with one attached hydrogen (secondary N) is 1. The van der Waals surface area contributed by atoms with Crippen molar-refractivity contribution in [2.45, 2.75) is 45.8 Å². The van der Waals surface area contributed by atoms with Crippen LogP contribution < -0.4 is 10.2 Å². The van der Waals surface area contributed by atoms with Crippen LogP contribution in [-0.4, -0.2) is 53.7 Å². The van der Waals surface area contributed by atoms with Crippen molar-refractivity contribution in [1.82, 2.24) is 9.88 Å². The highest BCUT2D eigenvalue weighted by atomic mass is 16.3. The number of anilines is 2. The number of aromatic nitrogens is 1. The van der Waals surface area contributed by atoms with E-state index in [0.29, 0.717) is 31.0 Å². The molecule has 2 heterocycles. The number of aliphatic hydroxyl groups is 1. The molecular formula is C23H32N4O2. The molecule has 1 unspecified atom stereocenters. The lowest BCUT2D eigenvalue weighted by Gasteiger charge is -2.31. The van der Waals surface area contributed by atoms with Gasteiger partial charge in [-0.1, -0.05) is 43.7 Å². The average molecular weight is 397 g/mol. The predicted octanol–water partition coefficient (Wildman–Crippen LogP) is 3.31. The zero-order valence-electron chi connectivity index (χ0n) is 17.7. The molecule has 1 amide bonds. The minimum absolute atomic E-state index is 0.00143. The summed E-state index contributed by atoms with van der Waals surface area (Å²) >= 11 is 0. The van der Waals surface area contributed by atoms with Gasteiger partial charge in [-0.3, -0.25) is 4.79 Å². The number of hydrogen-bond donors (Lipinski definition) is 2. The van der Waals surface area contributed by atoms with Crippen molar-refractivity contribution >= 4 is 17.5 Å². The molecule has 0 fully saturated rings. The highest BCUT2D eigenvalue weighted by Gasteiger charge is 2.29. The van der Waals surface area contributed by atoms with Crippen LogP contribution in [-0.2, 0) is 13.0 Å². The van der Waals surface area contributed by atoms with Gasteiger partial charge in [0.25, 0.3) is 5.91 Å². The van der Waals surface area contributed by atoms with Gasteiger partial charge in [-0.2, -0.15) is 0 Å². The van der Waals surface area contributed by atoms with Crippen molar-refractivity contribution in [2.75, 3.05) is 36.9 Å². The zero-order valence-corrected chi connectivity index (χ0v) is 17.7. The monoisotopic (exact) mass is 396 g/mol. The molecule has 0 aliphatic carbocycles. The van der Waals surface area contributed by atoms with Crippen molar-refractivity contribution in [3.8, 4) is 0 Å². The van der Waals surface area contributed by atoms with E-state index in [2.05, 4.69) is 23.2 Å². The fourth-order valence-corrected chi connectivity index (χ4v) is 3.57. The molecule has 6 nitrogen and oxygen atoms in total. The second-order valence-corrected chi connectivity index (χ2v) is 7.83. The Kier molecular flexibility index (Phi) is 7.09. The Morgan fingerprint density at radius 1 is 1.31 bits per heavy atom.